The van der Waals surface area contributed by atoms with Crippen molar-refractivity contribution < 1.29 is 9.15 Å². The van der Waals surface area contributed by atoms with E-state index in [0.29, 0.717) is 17.5 Å². The van der Waals surface area contributed by atoms with Crippen molar-refractivity contribution in [1.29, 1.82) is 0 Å². The molecule has 4 heteroatoms. The fourth-order valence-corrected chi connectivity index (χ4v) is 1.89. The monoisotopic (exact) mass is 293 g/mol. The van der Waals surface area contributed by atoms with E-state index in [9.17, 15) is 0 Å². The van der Waals surface area contributed by atoms with E-state index in [2.05, 4.69) is 19.2 Å². The Bertz CT molecular complexity index is 520. The number of halogens is 1. The van der Waals surface area contributed by atoms with Crippen LogP contribution in [0, 0.1) is 5.92 Å². The molecule has 0 saturated carbocycles. The summed E-state index contributed by atoms with van der Waals surface area (Å²) in [6, 6.07) is 11.2. The van der Waals surface area contributed by atoms with Gasteiger partial charge in [0.25, 0.3) is 0 Å². The Labute approximate surface area is 124 Å². The molecule has 1 aromatic carbocycles. The van der Waals surface area contributed by atoms with Crippen molar-refractivity contribution in [1.82, 2.24) is 5.32 Å². The summed E-state index contributed by atoms with van der Waals surface area (Å²) in [4.78, 5) is 0. The molecule has 1 aromatic heterocycles. The lowest BCUT2D eigenvalue weighted by Gasteiger charge is -2.05. The molecular formula is C16H20ClNO2. The second-order valence-electron chi connectivity index (χ2n) is 5.14. The van der Waals surface area contributed by atoms with Crippen LogP contribution in [0.4, 0.5) is 0 Å². The van der Waals surface area contributed by atoms with Crippen LogP contribution in [-0.4, -0.2) is 6.54 Å². The third kappa shape index (κ3) is 4.91. The topological polar surface area (TPSA) is 34.4 Å². The largest absolute Gasteiger partial charge is 0.486 e. The first kappa shape index (κ1) is 14.9. The number of nitrogens with one attached hydrogen (secondary N) is 1. The molecule has 0 fully saturated rings. The fourth-order valence-electron chi connectivity index (χ4n) is 1.76. The Morgan fingerprint density at radius 2 is 1.80 bits per heavy atom. The maximum Gasteiger partial charge on any atom is 0.146 e. The van der Waals surface area contributed by atoms with Crippen molar-refractivity contribution in [2.75, 3.05) is 6.54 Å². The lowest BCUT2D eigenvalue weighted by Crippen LogP contribution is -2.18. The zero-order valence-corrected chi connectivity index (χ0v) is 12.6. The average molecular weight is 294 g/mol. The number of ether oxygens (including phenoxy) is 1. The van der Waals surface area contributed by atoms with Crippen LogP contribution in [0.3, 0.4) is 0 Å². The second-order valence-corrected chi connectivity index (χ2v) is 5.57. The molecule has 0 saturated heterocycles. The minimum atomic E-state index is 0.422. The minimum absolute atomic E-state index is 0.422. The summed E-state index contributed by atoms with van der Waals surface area (Å²) in [5.74, 6) is 3.17. The van der Waals surface area contributed by atoms with E-state index in [0.717, 1.165) is 30.4 Å². The quantitative estimate of drug-likeness (QED) is 0.828. The highest BCUT2D eigenvalue weighted by molar-refractivity contribution is 6.30. The normalized spacial score (nSPS) is 11.0. The van der Waals surface area contributed by atoms with Crippen LogP contribution >= 0.6 is 11.6 Å². The Morgan fingerprint density at radius 1 is 1.10 bits per heavy atom. The van der Waals surface area contributed by atoms with Gasteiger partial charge in [0.15, 0.2) is 0 Å². The second kappa shape index (κ2) is 7.36. The van der Waals surface area contributed by atoms with Crippen molar-refractivity contribution in [2.24, 2.45) is 5.92 Å². The van der Waals surface area contributed by atoms with E-state index in [1.54, 1.807) is 12.1 Å². The number of rotatable bonds is 7. The van der Waals surface area contributed by atoms with Gasteiger partial charge in [-0.2, -0.15) is 0 Å². The summed E-state index contributed by atoms with van der Waals surface area (Å²) in [6.45, 7) is 6.52. The van der Waals surface area contributed by atoms with Crippen molar-refractivity contribution >= 4 is 11.6 Å². The zero-order valence-electron chi connectivity index (χ0n) is 11.9. The first-order valence-electron chi connectivity index (χ1n) is 6.80. The molecular weight excluding hydrogens is 274 g/mol. The summed E-state index contributed by atoms with van der Waals surface area (Å²) in [7, 11) is 0. The molecule has 1 heterocycles. The van der Waals surface area contributed by atoms with Gasteiger partial charge >= 0.3 is 0 Å². The average Bonchev–Trinajstić information content (AvgIpc) is 2.86. The molecule has 108 valence electrons. The summed E-state index contributed by atoms with van der Waals surface area (Å²) in [6.07, 6.45) is 0. The molecule has 2 rings (SSSR count). The molecule has 1 N–H and O–H groups in total. The maximum absolute atomic E-state index is 5.82. The van der Waals surface area contributed by atoms with E-state index in [1.165, 1.54) is 0 Å². The summed E-state index contributed by atoms with van der Waals surface area (Å²) < 4.78 is 11.3. The molecule has 0 radical (unpaired) electrons. The van der Waals surface area contributed by atoms with Crippen LogP contribution in [0.2, 0.25) is 5.02 Å². The van der Waals surface area contributed by atoms with Crippen molar-refractivity contribution in [3.8, 4) is 5.75 Å². The molecule has 3 nitrogen and oxygen atoms in total. The molecule has 20 heavy (non-hydrogen) atoms. The molecule has 0 aliphatic rings. The van der Waals surface area contributed by atoms with E-state index >= 15 is 0 Å². The van der Waals surface area contributed by atoms with Gasteiger partial charge in [-0.15, -0.1) is 0 Å². The van der Waals surface area contributed by atoms with Crippen LogP contribution in [0.1, 0.15) is 25.4 Å². The number of benzene rings is 1. The molecule has 0 spiro atoms. The minimum Gasteiger partial charge on any atom is -0.486 e. The standard InChI is InChI=1S/C16H20ClNO2/c1-12(2)9-18-10-15-7-8-16(20-15)11-19-14-5-3-13(17)4-6-14/h3-8,12,18H,9-11H2,1-2H3. The Hall–Kier alpha value is -1.45. The predicted molar refractivity (Wildman–Crippen MR) is 81.0 cm³/mol. The summed E-state index contributed by atoms with van der Waals surface area (Å²) in [5.41, 5.74) is 0. The van der Waals surface area contributed by atoms with Gasteiger partial charge in [-0.05, 0) is 48.9 Å². The molecule has 0 aliphatic carbocycles. The molecule has 0 bridgehead atoms. The third-order valence-corrected chi connectivity index (χ3v) is 3.02. The van der Waals surface area contributed by atoms with Gasteiger partial charge in [-0.1, -0.05) is 25.4 Å². The molecule has 0 amide bonds. The van der Waals surface area contributed by atoms with E-state index in [1.807, 2.05) is 24.3 Å². The maximum atomic E-state index is 5.82. The first-order chi connectivity index (χ1) is 9.63. The van der Waals surface area contributed by atoms with E-state index in [-0.39, 0.29) is 0 Å². The summed E-state index contributed by atoms with van der Waals surface area (Å²) >= 11 is 5.82. The van der Waals surface area contributed by atoms with Gasteiger partial charge in [0.1, 0.15) is 23.9 Å². The first-order valence-corrected chi connectivity index (χ1v) is 7.18. The van der Waals surface area contributed by atoms with Crippen LogP contribution in [0.5, 0.6) is 5.75 Å². The van der Waals surface area contributed by atoms with Crippen LogP contribution in [-0.2, 0) is 13.2 Å². The Balaban J connectivity index is 1.79. The molecule has 2 aromatic rings. The highest BCUT2D eigenvalue weighted by Crippen LogP contribution is 2.17. The predicted octanol–water partition coefficient (Wildman–Crippen LogP) is 4.26. The van der Waals surface area contributed by atoms with Crippen LogP contribution < -0.4 is 10.1 Å². The molecule has 0 atom stereocenters. The highest BCUT2D eigenvalue weighted by Gasteiger charge is 2.03. The van der Waals surface area contributed by atoms with Crippen molar-refractivity contribution in [3.05, 3.63) is 52.9 Å². The van der Waals surface area contributed by atoms with Gasteiger partial charge in [0, 0.05) is 5.02 Å². The zero-order chi connectivity index (χ0) is 14.4. The van der Waals surface area contributed by atoms with Crippen molar-refractivity contribution in [3.63, 3.8) is 0 Å². The number of furan rings is 1. The van der Waals surface area contributed by atoms with E-state index < -0.39 is 0 Å². The van der Waals surface area contributed by atoms with Crippen molar-refractivity contribution in [2.45, 2.75) is 27.0 Å². The van der Waals surface area contributed by atoms with Crippen LogP contribution in [0.25, 0.3) is 0 Å². The fraction of sp³-hybridized carbons (Fsp3) is 0.375. The molecule has 0 unspecified atom stereocenters. The van der Waals surface area contributed by atoms with E-state index in [4.69, 9.17) is 20.8 Å². The van der Waals surface area contributed by atoms with Gasteiger partial charge < -0.3 is 14.5 Å². The Kier molecular flexibility index (Phi) is 5.50. The number of hydrogen-bond acceptors (Lipinski definition) is 3. The third-order valence-electron chi connectivity index (χ3n) is 2.76. The van der Waals surface area contributed by atoms with Gasteiger partial charge in [0.05, 0.1) is 6.54 Å². The van der Waals surface area contributed by atoms with Crippen LogP contribution in [0.15, 0.2) is 40.8 Å². The highest BCUT2D eigenvalue weighted by atomic mass is 35.5. The molecule has 0 aliphatic heterocycles. The number of hydrogen-bond donors (Lipinski definition) is 1. The van der Waals surface area contributed by atoms with Gasteiger partial charge in [-0.3, -0.25) is 0 Å². The van der Waals surface area contributed by atoms with Gasteiger partial charge in [-0.25, -0.2) is 0 Å². The smallest absolute Gasteiger partial charge is 0.146 e. The summed E-state index contributed by atoms with van der Waals surface area (Å²) in [5, 5.41) is 4.05. The SMILES string of the molecule is CC(C)CNCc1ccc(COc2ccc(Cl)cc2)o1. The Morgan fingerprint density at radius 3 is 2.50 bits per heavy atom. The lowest BCUT2D eigenvalue weighted by atomic mass is 10.2. The lowest BCUT2D eigenvalue weighted by molar-refractivity contribution is 0.265. The van der Waals surface area contributed by atoms with Gasteiger partial charge in [0.2, 0.25) is 0 Å².